The van der Waals surface area contributed by atoms with Crippen molar-refractivity contribution >= 4 is 22.6 Å². The van der Waals surface area contributed by atoms with Crippen molar-refractivity contribution in [1.29, 1.82) is 0 Å². The number of para-hydroxylation sites is 1. The first kappa shape index (κ1) is 12.4. The summed E-state index contributed by atoms with van der Waals surface area (Å²) in [7, 11) is 0. The molecule has 1 amide bonds. The Bertz CT molecular complexity index is 729. The van der Waals surface area contributed by atoms with Crippen LogP contribution in [0, 0.1) is 0 Å². The van der Waals surface area contributed by atoms with Crippen LogP contribution in [-0.4, -0.2) is 5.91 Å². The third kappa shape index (κ3) is 2.41. The van der Waals surface area contributed by atoms with Crippen molar-refractivity contribution in [2.75, 3.05) is 5.32 Å². The number of amides is 1. The van der Waals surface area contributed by atoms with E-state index in [2.05, 4.69) is 5.32 Å². The Kier molecular flexibility index (Phi) is 3.23. The first-order chi connectivity index (χ1) is 9.76. The summed E-state index contributed by atoms with van der Waals surface area (Å²) in [6.07, 6.45) is 0. The van der Waals surface area contributed by atoms with Gasteiger partial charge in [0.2, 0.25) is 0 Å². The first-order valence-electron chi connectivity index (χ1n) is 6.35. The molecule has 100 valence electrons. The Morgan fingerprint density at radius 2 is 1.95 bits per heavy atom. The van der Waals surface area contributed by atoms with Crippen LogP contribution in [-0.2, 0) is 6.54 Å². The molecule has 4 heteroatoms. The lowest BCUT2D eigenvalue weighted by atomic mass is 10.2. The minimum atomic E-state index is -0.268. The van der Waals surface area contributed by atoms with E-state index < -0.39 is 0 Å². The molecule has 3 rings (SSSR count). The standard InChI is InChI=1S/C16H14N2O2/c17-10-11-4-3-6-13(8-11)18-16(19)15-9-12-5-1-2-7-14(12)20-15/h1-9H,10,17H2,(H,18,19). The van der Waals surface area contributed by atoms with Crippen LogP contribution in [0.2, 0.25) is 0 Å². The Labute approximate surface area is 116 Å². The second-order valence-corrected chi connectivity index (χ2v) is 4.51. The number of anilines is 1. The summed E-state index contributed by atoms with van der Waals surface area (Å²) in [5.41, 5.74) is 7.95. The lowest BCUT2D eigenvalue weighted by Gasteiger charge is -2.04. The minimum Gasteiger partial charge on any atom is -0.451 e. The number of rotatable bonds is 3. The molecule has 0 atom stereocenters. The Balaban J connectivity index is 1.85. The van der Waals surface area contributed by atoms with Crippen LogP contribution < -0.4 is 11.1 Å². The predicted octanol–water partition coefficient (Wildman–Crippen LogP) is 3.14. The van der Waals surface area contributed by atoms with E-state index in [-0.39, 0.29) is 5.91 Å². The third-order valence-corrected chi connectivity index (χ3v) is 3.07. The van der Waals surface area contributed by atoms with Gasteiger partial charge in [0.05, 0.1) is 0 Å². The molecule has 3 N–H and O–H groups in total. The Morgan fingerprint density at radius 3 is 2.75 bits per heavy atom. The number of benzene rings is 2. The molecule has 0 radical (unpaired) electrons. The van der Waals surface area contributed by atoms with E-state index in [1.54, 1.807) is 6.07 Å². The van der Waals surface area contributed by atoms with Crippen LogP contribution in [0.25, 0.3) is 11.0 Å². The molecule has 0 fully saturated rings. The maximum Gasteiger partial charge on any atom is 0.291 e. The molecule has 20 heavy (non-hydrogen) atoms. The van der Waals surface area contributed by atoms with Crippen LogP contribution in [0.3, 0.4) is 0 Å². The van der Waals surface area contributed by atoms with Crippen molar-refractivity contribution in [3.63, 3.8) is 0 Å². The molecule has 0 saturated heterocycles. The van der Waals surface area contributed by atoms with E-state index in [1.807, 2.05) is 48.5 Å². The van der Waals surface area contributed by atoms with Crippen LogP contribution in [0.4, 0.5) is 5.69 Å². The summed E-state index contributed by atoms with van der Waals surface area (Å²) in [4.78, 5) is 12.1. The fourth-order valence-corrected chi connectivity index (χ4v) is 2.06. The van der Waals surface area contributed by atoms with E-state index in [0.717, 1.165) is 10.9 Å². The van der Waals surface area contributed by atoms with Gasteiger partial charge < -0.3 is 15.5 Å². The molecule has 0 aliphatic rings. The summed E-state index contributed by atoms with van der Waals surface area (Å²) in [5.74, 6) is 0.0275. The smallest absolute Gasteiger partial charge is 0.291 e. The predicted molar refractivity (Wildman–Crippen MR) is 78.5 cm³/mol. The number of carbonyl (C=O) groups excluding carboxylic acids is 1. The van der Waals surface area contributed by atoms with Crippen molar-refractivity contribution in [2.24, 2.45) is 5.73 Å². The zero-order chi connectivity index (χ0) is 13.9. The summed E-state index contributed by atoms with van der Waals surface area (Å²) in [6, 6.07) is 16.7. The van der Waals surface area contributed by atoms with Crippen molar-refractivity contribution in [1.82, 2.24) is 0 Å². The average molecular weight is 266 g/mol. The number of fused-ring (bicyclic) bond motifs is 1. The van der Waals surface area contributed by atoms with E-state index in [1.165, 1.54) is 0 Å². The van der Waals surface area contributed by atoms with Gasteiger partial charge in [0.1, 0.15) is 5.58 Å². The van der Waals surface area contributed by atoms with Gasteiger partial charge in [-0.3, -0.25) is 4.79 Å². The number of hydrogen-bond donors (Lipinski definition) is 2. The largest absolute Gasteiger partial charge is 0.451 e. The number of hydrogen-bond acceptors (Lipinski definition) is 3. The Morgan fingerprint density at radius 1 is 1.10 bits per heavy atom. The third-order valence-electron chi connectivity index (χ3n) is 3.07. The highest BCUT2D eigenvalue weighted by Gasteiger charge is 2.12. The van der Waals surface area contributed by atoms with Crippen LogP contribution in [0.5, 0.6) is 0 Å². The molecule has 2 aromatic carbocycles. The molecule has 0 spiro atoms. The monoisotopic (exact) mass is 266 g/mol. The average Bonchev–Trinajstić information content (AvgIpc) is 2.91. The number of carbonyl (C=O) groups is 1. The summed E-state index contributed by atoms with van der Waals surface area (Å²) < 4.78 is 5.52. The van der Waals surface area contributed by atoms with Gasteiger partial charge in [-0.15, -0.1) is 0 Å². The van der Waals surface area contributed by atoms with Crippen LogP contribution in [0.15, 0.2) is 59.0 Å². The lowest BCUT2D eigenvalue weighted by Crippen LogP contribution is -2.11. The normalized spacial score (nSPS) is 10.7. The zero-order valence-corrected chi connectivity index (χ0v) is 10.8. The number of furan rings is 1. The van der Waals surface area contributed by atoms with E-state index in [9.17, 15) is 4.79 Å². The maximum atomic E-state index is 12.1. The highest BCUT2D eigenvalue weighted by Crippen LogP contribution is 2.20. The second-order valence-electron chi connectivity index (χ2n) is 4.51. The van der Waals surface area contributed by atoms with Gasteiger partial charge in [-0.25, -0.2) is 0 Å². The van der Waals surface area contributed by atoms with Gasteiger partial charge >= 0.3 is 0 Å². The second kappa shape index (κ2) is 5.19. The summed E-state index contributed by atoms with van der Waals surface area (Å²) in [5, 5.41) is 3.72. The molecule has 1 aromatic heterocycles. The van der Waals surface area contributed by atoms with E-state index >= 15 is 0 Å². The molecule has 0 aliphatic carbocycles. The van der Waals surface area contributed by atoms with Crippen LogP contribution in [0.1, 0.15) is 16.1 Å². The Hall–Kier alpha value is -2.59. The number of nitrogens with two attached hydrogens (primary N) is 1. The van der Waals surface area contributed by atoms with Crippen molar-refractivity contribution in [2.45, 2.75) is 6.54 Å². The molecular weight excluding hydrogens is 252 g/mol. The molecule has 4 nitrogen and oxygen atoms in total. The highest BCUT2D eigenvalue weighted by molar-refractivity contribution is 6.04. The van der Waals surface area contributed by atoms with Gasteiger partial charge in [0.15, 0.2) is 5.76 Å². The van der Waals surface area contributed by atoms with Crippen LogP contribution >= 0.6 is 0 Å². The van der Waals surface area contributed by atoms with E-state index in [4.69, 9.17) is 10.2 Å². The minimum absolute atomic E-state index is 0.268. The molecule has 0 unspecified atom stereocenters. The highest BCUT2D eigenvalue weighted by atomic mass is 16.3. The molecule has 0 aliphatic heterocycles. The fourth-order valence-electron chi connectivity index (χ4n) is 2.06. The SMILES string of the molecule is NCc1cccc(NC(=O)c2cc3ccccc3o2)c1. The quantitative estimate of drug-likeness (QED) is 0.765. The van der Waals surface area contributed by atoms with Crippen molar-refractivity contribution < 1.29 is 9.21 Å². The fraction of sp³-hybridized carbons (Fsp3) is 0.0625. The molecule has 3 aromatic rings. The number of nitrogens with one attached hydrogen (secondary N) is 1. The summed E-state index contributed by atoms with van der Waals surface area (Å²) in [6.45, 7) is 0.439. The maximum absolute atomic E-state index is 12.1. The zero-order valence-electron chi connectivity index (χ0n) is 10.8. The lowest BCUT2D eigenvalue weighted by molar-refractivity contribution is 0.0998. The van der Waals surface area contributed by atoms with Gasteiger partial charge in [-0.05, 0) is 29.8 Å². The van der Waals surface area contributed by atoms with E-state index in [0.29, 0.717) is 23.6 Å². The van der Waals surface area contributed by atoms with Gasteiger partial charge in [-0.1, -0.05) is 30.3 Å². The first-order valence-corrected chi connectivity index (χ1v) is 6.35. The van der Waals surface area contributed by atoms with Crippen molar-refractivity contribution in [3.05, 3.63) is 65.9 Å². The molecule has 1 heterocycles. The van der Waals surface area contributed by atoms with Gasteiger partial charge in [0, 0.05) is 17.6 Å². The van der Waals surface area contributed by atoms with Gasteiger partial charge in [0.25, 0.3) is 5.91 Å². The van der Waals surface area contributed by atoms with Crippen molar-refractivity contribution in [3.8, 4) is 0 Å². The summed E-state index contributed by atoms with van der Waals surface area (Å²) >= 11 is 0. The molecular formula is C16H14N2O2. The molecule has 0 saturated carbocycles. The molecule has 0 bridgehead atoms. The van der Waals surface area contributed by atoms with Gasteiger partial charge in [-0.2, -0.15) is 0 Å². The topological polar surface area (TPSA) is 68.3 Å².